The van der Waals surface area contributed by atoms with Gasteiger partial charge in [0.25, 0.3) is 0 Å². The number of carbonyl (C=O) groups excluding carboxylic acids is 3. The summed E-state index contributed by atoms with van der Waals surface area (Å²) < 4.78 is 5.43. The van der Waals surface area contributed by atoms with Gasteiger partial charge in [0.15, 0.2) is 0 Å². The molecule has 3 saturated heterocycles. The number of urea groups is 1. The fourth-order valence-electron chi connectivity index (χ4n) is 4.64. The van der Waals surface area contributed by atoms with E-state index in [1.165, 1.54) is 5.06 Å². The van der Waals surface area contributed by atoms with Gasteiger partial charge >= 0.3 is 12.1 Å². The van der Waals surface area contributed by atoms with Crippen molar-refractivity contribution in [2.45, 2.75) is 64.3 Å². The molecule has 1 aromatic rings. The zero-order valence-corrected chi connectivity index (χ0v) is 19.7. The molecule has 9 heteroatoms. The molecule has 4 rings (SSSR count). The van der Waals surface area contributed by atoms with E-state index in [-0.39, 0.29) is 30.0 Å². The van der Waals surface area contributed by atoms with Crippen LogP contribution in [0.1, 0.15) is 45.6 Å². The molecule has 0 spiro atoms. The number of piperidine rings is 1. The summed E-state index contributed by atoms with van der Waals surface area (Å²) in [6.07, 6.45) is 1.84. The number of nitrogens with one attached hydrogen (secondary N) is 1. The summed E-state index contributed by atoms with van der Waals surface area (Å²) in [4.78, 5) is 47.2. The van der Waals surface area contributed by atoms with E-state index in [0.29, 0.717) is 39.2 Å². The number of hydroxylamine groups is 2. The van der Waals surface area contributed by atoms with Gasteiger partial charge in [-0.1, -0.05) is 30.3 Å². The first-order valence-corrected chi connectivity index (χ1v) is 11.7. The van der Waals surface area contributed by atoms with E-state index in [1.54, 1.807) is 9.80 Å². The summed E-state index contributed by atoms with van der Waals surface area (Å²) in [7, 11) is 0. The Morgan fingerprint density at radius 1 is 1.09 bits per heavy atom. The summed E-state index contributed by atoms with van der Waals surface area (Å²) in [6.45, 7) is 8.03. The Balaban J connectivity index is 1.24. The Morgan fingerprint density at radius 2 is 1.85 bits per heavy atom. The highest BCUT2D eigenvalue weighted by atomic mass is 16.7. The molecule has 1 aromatic carbocycles. The lowest BCUT2D eigenvalue weighted by Gasteiger charge is -2.29. The van der Waals surface area contributed by atoms with E-state index in [0.717, 1.165) is 18.4 Å². The van der Waals surface area contributed by atoms with Crippen LogP contribution in [0.3, 0.4) is 0 Å². The van der Waals surface area contributed by atoms with Crippen molar-refractivity contribution in [2.24, 2.45) is 5.92 Å². The molecule has 2 bridgehead atoms. The predicted octanol–water partition coefficient (Wildman–Crippen LogP) is 2.76. The Kier molecular flexibility index (Phi) is 6.78. The van der Waals surface area contributed by atoms with Crippen molar-refractivity contribution < 1.29 is 24.0 Å². The second kappa shape index (κ2) is 9.59. The predicted molar refractivity (Wildman–Crippen MR) is 121 cm³/mol. The minimum Gasteiger partial charge on any atom is -0.444 e. The maximum atomic E-state index is 12.9. The number of amides is 4. The quantitative estimate of drug-likeness (QED) is 0.708. The number of likely N-dealkylation sites (tertiary alicyclic amines) is 1. The minimum atomic E-state index is -0.525. The van der Waals surface area contributed by atoms with Crippen LogP contribution in [0.5, 0.6) is 0 Å². The van der Waals surface area contributed by atoms with Crippen molar-refractivity contribution in [3.05, 3.63) is 35.9 Å². The minimum absolute atomic E-state index is 0.0255. The third-order valence-electron chi connectivity index (χ3n) is 6.34. The largest absolute Gasteiger partial charge is 0.444 e. The second-order valence-corrected chi connectivity index (χ2v) is 10.1. The molecule has 3 aliphatic rings. The monoisotopic (exact) mass is 458 g/mol. The third-order valence-corrected chi connectivity index (χ3v) is 6.34. The van der Waals surface area contributed by atoms with Crippen molar-refractivity contribution in [1.29, 1.82) is 0 Å². The molecule has 0 aliphatic carbocycles. The lowest BCUT2D eigenvalue weighted by atomic mass is 10.00. The molecule has 3 atom stereocenters. The molecule has 0 radical (unpaired) electrons. The highest BCUT2D eigenvalue weighted by Crippen LogP contribution is 2.30. The number of hydrogen-bond donors (Lipinski definition) is 1. The molecule has 4 amide bonds. The van der Waals surface area contributed by atoms with Crippen molar-refractivity contribution >= 4 is 18.0 Å². The van der Waals surface area contributed by atoms with Crippen LogP contribution in [0.2, 0.25) is 0 Å². The van der Waals surface area contributed by atoms with Crippen LogP contribution in [0, 0.1) is 5.92 Å². The van der Waals surface area contributed by atoms with Crippen LogP contribution in [0.25, 0.3) is 0 Å². The number of fused-ring (bicyclic) bond motifs is 2. The van der Waals surface area contributed by atoms with Gasteiger partial charge in [0, 0.05) is 26.2 Å². The molecular weight excluding hydrogens is 424 g/mol. The average molecular weight is 459 g/mol. The lowest BCUT2D eigenvalue weighted by Crippen LogP contribution is -2.50. The molecular formula is C24H34N4O5. The van der Waals surface area contributed by atoms with Crippen molar-refractivity contribution in [3.8, 4) is 0 Å². The number of nitrogens with zero attached hydrogens (tertiary/aromatic N) is 3. The van der Waals surface area contributed by atoms with E-state index < -0.39 is 11.6 Å². The normalized spacial score (nSPS) is 24.9. The van der Waals surface area contributed by atoms with E-state index >= 15 is 0 Å². The van der Waals surface area contributed by atoms with Crippen LogP contribution < -0.4 is 5.32 Å². The van der Waals surface area contributed by atoms with Crippen LogP contribution in [0.4, 0.5) is 9.59 Å². The number of ether oxygens (including phenoxy) is 1. The summed E-state index contributed by atoms with van der Waals surface area (Å²) >= 11 is 0. The van der Waals surface area contributed by atoms with Gasteiger partial charge in [-0.3, -0.25) is 9.63 Å². The zero-order chi connectivity index (χ0) is 23.6. The molecule has 0 unspecified atom stereocenters. The van der Waals surface area contributed by atoms with Crippen molar-refractivity contribution in [3.63, 3.8) is 0 Å². The summed E-state index contributed by atoms with van der Waals surface area (Å²) in [5.41, 5.74) is 0.469. The smallest absolute Gasteiger partial charge is 0.410 e. The van der Waals surface area contributed by atoms with E-state index in [4.69, 9.17) is 9.57 Å². The molecule has 33 heavy (non-hydrogen) atoms. The Hall–Kier alpha value is -2.81. The molecule has 1 N–H and O–H groups in total. The second-order valence-electron chi connectivity index (χ2n) is 10.1. The van der Waals surface area contributed by atoms with E-state index in [2.05, 4.69) is 5.32 Å². The Bertz CT molecular complexity index is 871. The molecule has 0 saturated carbocycles. The first-order valence-electron chi connectivity index (χ1n) is 11.7. The summed E-state index contributed by atoms with van der Waals surface area (Å²) in [5, 5.41) is 4.45. The van der Waals surface area contributed by atoms with E-state index in [1.807, 2.05) is 51.1 Å². The molecule has 3 aliphatic heterocycles. The SMILES string of the molecule is CC(C)(C)OC(=O)N1CC[C@H](CNC(=O)[C@@H]2CC[C@H]3CN2C(=O)N3OCc2ccccc2)C1. The maximum absolute atomic E-state index is 12.9. The van der Waals surface area contributed by atoms with Gasteiger partial charge in [0.2, 0.25) is 5.91 Å². The lowest BCUT2D eigenvalue weighted by molar-refractivity contribution is -0.140. The van der Waals surface area contributed by atoms with Crippen molar-refractivity contribution in [2.75, 3.05) is 26.2 Å². The van der Waals surface area contributed by atoms with Gasteiger partial charge in [0.1, 0.15) is 18.2 Å². The number of carbonyl (C=O) groups is 3. The molecule has 0 aromatic heterocycles. The topological polar surface area (TPSA) is 91.4 Å². The third kappa shape index (κ3) is 5.58. The fourth-order valence-corrected chi connectivity index (χ4v) is 4.64. The summed E-state index contributed by atoms with van der Waals surface area (Å²) in [6, 6.07) is 8.96. The van der Waals surface area contributed by atoms with Gasteiger partial charge < -0.3 is 19.9 Å². The zero-order valence-electron chi connectivity index (χ0n) is 19.7. The van der Waals surface area contributed by atoms with Crippen LogP contribution in [-0.4, -0.2) is 76.8 Å². The van der Waals surface area contributed by atoms with Gasteiger partial charge in [-0.05, 0) is 51.5 Å². The van der Waals surface area contributed by atoms with Gasteiger partial charge in [0.05, 0.1) is 6.04 Å². The van der Waals surface area contributed by atoms with Crippen LogP contribution >= 0.6 is 0 Å². The van der Waals surface area contributed by atoms with Crippen LogP contribution in [0.15, 0.2) is 30.3 Å². The number of rotatable bonds is 6. The number of benzene rings is 1. The molecule has 3 fully saturated rings. The first kappa shape index (κ1) is 23.4. The van der Waals surface area contributed by atoms with E-state index in [9.17, 15) is 14.4 Å². The standard InChI is InChI=1S/C24H34N4O5/c1-24(2,3)33-23(31)26-12-11-18(14-26)13-25-21(29)20-10-9-19-15-27(20)22(30)28(19)32-16-17-7-5-4-6-8-17/h4-8,18-20H,9-16H2,1-3H3,(H,25,29)/t18-,19+,20+/m1/s1. The highest BCUT2D eigenvalue weighted by Gasteiger charge is 2.48. The first-order chi connectivity index (χ1) is 15.7. The molecule has 9 nitrogen and oxygen atoms in total. The fraction of sp³-hybridized carbons (Fsp3) is 0.625. The Morgan fingerprint density at radius 3 is 2.58 bits per heavy atom. The van der Waals surface area contributed by atoms with Crippen molar-refractivity contribution in [1.82, 2.24) is 20.2 Å². The summed E-state index contributed by atoms with van der Waals surface area (Å²) in [5.74, 6) is 0.0419. The van der Waals surface area contributed by atoms with Gasteiger partial charge in [-0.25, -0.2) is 9.59 Å². The average Bonchev–Trinajstić information content (AvgIpc) is 3.34. The maximum Gasteiger partial charge on any atom is 0.410 e. The van der Waals surface area contributed by atoms with Gasteiger partial charge in [-0.15, -0.1) is 0 Å². The molecule has 180 valence electrons. The Labute approximate surface area is 194 Å². The number of hydrogen-bond acceptors (Lipinski definition) is 5. The molecule has 3 heterocycles. The van der Waals surface area contributed by atoms with Crippen LogP contribution in [-0.2, 0) is 21.0 Å². The van der Waals surface area contributed by atoms with Gasteiger partial charge in [-0.2, -0.15) is 5.06 Å². The highest BCUT2D eigenvalue weighted by molar-refractivity contribution is 5.88.